The van der Waals surface area contributed by atoms with E-state index in [0.29, 0.717) is 24.1 Å². The van der Waals surface area contributed by atoms with Gasteiger partial charge in [-0.2, -0.15) is 5.01 Å². The molecule has 0 aliphatic carbocycles. The highest BCUT2D eigenvalue weighted by atomic mass is 35.5. The van der Waals surface area contributed by atoms with Gasteiger partial charge in [0.25, 0.3) is 0 Å². The number of rotatable bonds is 16. The van der Waals surface area contributed by atoms with Crippen LogP contribution in [0.3, 0.4) is 0 Å². The zero-order valence-electron chi connectivity index (χ0n) is 17.5. The number of nitrogens with one attached hydrogen (secondary N) is 1. The van der Waals surface area contributed by atoms with E-state index in [1.807, 2.05) is 14.0 Å². The van der Waals surface area contributed by atoms with Crippen molar-refractivity contribution < 1.29 is 13.6 Å². The Bertz CT molecular complexity index is 525. The number of hydrazine groups is 1. The van der Waals surface area contributed by atoms with Crippen LogP contribution in [0.4, 0.5) is 0 Å². The Labute approximate surface area is 190 Å². The van der Waals surface area contributed by atoms with Crippen LogP contribution >= 0.6 is 41.7 Å². The maximum atomic E-state index is 6.67. The molecule has 1 rings (SSSR count). The quantitative estimate of drug-likeness (QED) is 0.108. The zero-order chi connectivity index (χ0) is 21.0. The summed E-state index contributed by atoms with van der Waals surface area (Å²) in [4.78, 5) is 0. The van der Waals surface area contributed by atoms with Crippen LogP contribution in [-0.4, -0.2) is 35.4 Å². The van der Waals surface area contributed by atoms with Crippen LogP contribution < -0.4 is 5.43 Å². The van der Waals surface area contributed by atoms with Gasteiger partial charge in [-0.05, 0) is 18.6 Å². The van der Waals surface area contributed by atoms with Crippen molar-refractivity contribution in [1.82, 2.24) is 10.4 Å². The van der Waals surface area contributed by atoms with Crippen LogP contribution in [0.2, 0.25) is 0 Å². The minimum Gasteiger partial charge on any atom is -0.405 e. The van der Waals surface area contributed by atoms with Gasteiger partial charge in [0.05, 0.1) is 13.2 Å². The van der Waals surface area contributed by atoms with Gasteiger partial charge in [0.15, 0.2) is 0 Å². The number of nitrogens with zero attached hydrogens (tertiary/aromatic N) is 1. The Balaban J connectivity index is 2.77. The summed E-state index contributed by atoms with van der Waals surface area (Å²) >= 11 is 20.4. The van der Waals surface area contributed by atoms with Gasteiger partial charge >= 0.3 is 6.72 Å². The molecule has 0 aromatic rings. The molecule has 0 saturated heterocycles. The molecule has 28 heavy (non-hydrogen) atoms. The second-order valence-corrected chi connectivity index (χ2v) is 12.2. The second-order valence-electron chi connectivity index (χ2n) is 6.63. The summed E-state index contributed by atoms with van der Waals surface area (Å²) in [6, 6.07) is 0. The maximum absolute atomic E-state index is 6.67. The van der Waals surface area contributed by atoms with E-state index in [1.54, 1.807) is 5.01 Å². The summed E-state index contributed by atoms with van der Waals surface area (Å²) in [6.07, 6.45) is 8.76. The van der Waals surface area contributed by atoms with Crippen LogP contribution in [0.25, 0.3) is 0 Å². The predicted molar refractivity (Wildman–Crippen MR) is 126 cm³/mol. The third-order valence-corrected chi connectivity index (χ3v) is 9.04. The fourth-order valence-corrected chi connectivity index (χ4v) is 6.22. The van der Waals surface area contributed by atoms with Crippen molar-refractivity contribution in [2.75, 3.05) is 26.0 Å². The van der Waals surface area contributed by atoms with Gasteiger partial charge in [-0.25, -0.2) is 0 Å². The van der Waals surface area contributed by atoms with Crippen molar-refractivity contribution in [3.8, 4) is 0 Å². The van der Waals surface area contributed by atoms with E-state index in [4.69, 9.17) is 48.6 Å². The summed E-state index contributed by atoms with van der Waals surface area (Å²) in [5, 5.41) is 2.07. The SMILES string of the molecule is CCCCCCOP(=S)(OCCCCCC)OC1=C(Cl)C(Cl)(SCC)N(C)N1. The Hall–Kier alpha value is 0.800. The van der Waals surface area contributed by atoms with E-state index >= 15 is 0 Å². The molecule has 1 aliphatic rings. The lowest BCUT2D eigenvalue weighted by Gasteiger charge is -2.27. The molecule has 1 N–H and O–H groups in total. The van der Waals surface area contributed by atoms with E-state index in [9.17, 15) is 0 Å². The number of alkyl halides is 1. The molecule has 0 saturated carbocycles. The minimum atomic E-state index is -2.97. The van der Waals surface area contributed by atoms with Gasteiger partial charge < -0.3 is 4.52 Å². The van der Waals surface area contributed by atoms with Gasteiger partial charge in [0.2, 0.25) is 10.2 Å². The van der Waals surface area contributed by atoms with Crippen LogP contribution in [0.15, 0.2) is 10.9 Å². The first-order valence-electron chi connectivity index (χ1n) is 10.1. The van der Waals surface area contributed by atoms with Crippen LogP contribution in [0.5, 0.6) is 0 Å². The molecular formula is C18H35Cl2N2O3PS2. The first-order chi connectivity index (χ1) is 13.3. The van der Waals surface area contributed by atoms with Crippen molar-refractivity contribution in [2.24, 2.45) is 0 Å². The third-order valence-electron chi connectivity index (χ3n) is 4.20. The fourth-order valence-electron chi connectivity index (χ4n) is 2.58. The van der Waals surface area contributed by atoms with Crippen LogP contribution in [0, 0.1) is 0 Å². The van der Waals surface area contributed by atoms with Crippen LogP contribution in [0.1, 0.15) is 72.1 Å². The number of hydrogen-bond donors (Lipinski definition) is 1. The molecule has 10 heteroatoms. The van der Waals surface area contributed by atoms with Crippen molar-refractivity contribution >= 4 is 53.5 Å². The first-order valence-corrected chi connectivity index (χ1v) is 14.4. The highest BCUT2D eigenvalue weighted by Gasteiger charge is 2.46. The maximum Gasteiger partial charge on any atom is 0.381 e. The average Bonchev–Trinajstić information content (AvgIpc) is 2.85. The summed E-state index contributed by atoms with van der Waals surface area (Å²) < 4.78 is 17.0. The molecule has 1 heterocycles. The van der Waals surface area contributed by atoms with E-state index < -0.39 is 11.0 Å². The average molecular weight is 494 g/mol. The van der Waals surface area contributed by atoms with Crippen molar-refractivity contribution in [3.05, 3.63) is 10.9 Å². The molecule has 0 aromatic carbocycles. The summed E-state index contributed by atoms with van der Waals surface area (Å²) in [5.74, 6) is 1.13. The molecule has 1 unspecified atom stereocenters. The molecule has 0 aromatic heterocycles. The highest BCUT2D eigenvalue weighted by Crippen LogP contribution is 2.55. The lowest BCUT2D eigenvalue weighted by molar-refractivity contribution is 0.157. The standard InChI is InChI=1S/C18H35Cl2N2O3PS2/c1-5-8-10-12-14-23-26(27,24-15-13-11-9-6-2)25-17-16(19)18(20,28-7-3)22(4)21-17/h21H,5-15H2,1-4H3. The summed E-state index contributed by atoms with van der Waals surface area (Å²) in [6.45, 7) is 4.44. The van der Waals surface area contributed by atoms with E-state index in [0.717, 1.165) is 31.4 Å². The Morgan fingerprint density at radius 3 is 2.04 bits per heavy atom. The molecular weight excluding hydrogens is 458 g/mol. The zero-order valence-corrected chi connectivity index (χ0v) is 21.5. The molecule has 166 valence electrons. The van der Waals surface area contributed by atoms with Crippen LogP contribution in [-0.2, 0) is 25.4 Å². The highest BCUT2D eigenvalue weighted by molar-refractivity contribution is 8.07. The van der Waals surface area contributed by atoms with Gasteiger partial charge in [-0.1, -0.05) is 82.5 Å². The molecule has 0 bridgehead atoms. The molecule has 0 fully saturated rings. The minimum absolute atomic E-state index is 0.325. The molecule has 0 amide bonds. The predicted octanol–water partition coefficient (Wildman–Crippen LogP) is 6.92. The molecule has 0 spiro atoms. The van der Waals surface area contributed by atoms with E-state index in [-0.39, 0.29) is 0 Å². The first kappa shape index (κ1) is 26.8. The molecule has 0 radical (unpaired) electrons. The van der Waals surface area contributed by atoms with Crippen molar-refractivity contribution in [1.29, 1.82) is 0 Å². The molecule has 1 atom stereocenters. The fraction of sp³-hybridized carbons (Fsp3) is 0.889. The largest absolute Gasteiger partial charge is 0.405 e. The number of hydrogen-bond acceptors (Lipinski definition) is 7. The number of unbranched alkanes of at least 4 members (excludes halogenated alkanes) is 6. The topological polar surface area (TPSA) is 43.0 Å². The molecule has 1 aliphatic heterocycles. The third kappa shape index (κ3) is 8.50. The number of likely N-dealkylation sites (N-methyl/N-ethyl adjacent to an activating group) is 1. The Kier molecular flexibility index (Phi) is 13.4. The Morgan fingerprint density at radius 1 is 1.04 bits per heavy atom. The van der Waals surface area contributed by atoms with Gasteiger partial charge in [0, 0.05) is 18.9 Å². The summed E-state index contributed by atoms with van der Waals surface area (Å²) in [7, 11) is 1.81. The van der Waals surface area contributed by atoms with Crippen molar-refractivity contribution in [3.63, 3.8) is 0 Å². The number of halogens is 2. The van der Waals surface area contributed by atoms with Gasteiger partial charge in [-0.15, -0.1) is 11.8 Å². The summed E-state index contributed by atoms with van der Waals surface area (Å²) in [5.41, 5.74) is 3.06. The monoisotopic (exact) mass is 492 g/mol. The normalized spacial score (nSPS) is 20.6. The Morgan fingerprint density at radius 2 is 1.57 bits per heavy atom. The van der Waals surface area contributed by atoms with Gasteiger partial charge in [0.1, 0.15) is 5.03 Å². The number of thioether (sulfide) groups is 1. The lowest BCUT2D eigenvalue weighted by atomic mass is 10.2. The van der Waals surface area contributed by atoms with E-state index in [2.05, 4.69) is 19.3 Å². The van der Waals surface area contributed by atoms with Gasteiger partial charge in [-0.3, -0.25) is 14.5 Å². The van der Waals surface area contributed by atoms with E-state index in [1.165, 1.54) is 37.4 Å². The lowest BCUT2D eigenvalue weighted by Crippen LogP contribution is -2.40. The second kappa shape index (κ2) is 14.0. The molecule has 5 nitrogen and oxygen atoms in total. The van der Waals surface area contributed by atoms with Crippen molar-refractivity contribution in [2.45, 2.75) is 76.5 Å². The smallest absolute Gasteiger partial charge is 0.381 e.